The summed E-state index contributed by atoms with van der Waals surface area (Å²) >= 11 is 6.13. The fraction of sp³-hybridized carbons (Fsp3) is 0.250. The van der Waals surface area contributed by atoms with Crippen molar-refractivity contribution in [2.24, 2.45) is 0 Å². The van der Waals surface area contributed by atoms with Crippen LogP contribution in [0.15, 0.2) is 40.9 Å². The second-order valence-electron chi connectivity index (χ2n) is 6.31. The molecule has 0 radical (unpaired) electrons. The number of aromatic nitrogens is 2. The molecule has 8 nitrogen and oxygen atoms in total. The highest BCUT2D eigenvalue weighted by Gasteiger charge is 2.16. The van der Waals surface area contributed by atoms with Crippen LogP contribution in [0.4, 0.5) is 14.9 Å². The number of amides is 2. The van der Waals surface area contributed by atoms with Crippen molar-refractivity contribution in [1.29, 1.82) is 0 Å². The standard InChI is InChI=1S/C20H20ClFN4O4/c1-26(20(27)23-15-10-14(21)16(28-2)11-17(15)29-3)9-8-18-24-19(30-25-18)12-4-6-13(22)7-5-12/h4-7,10-11H,8-9H2,1-3H3,(H,23,27). The summed E-state index contributed by atoms with van der Waals surface area (Å²) in [6, 6.07) is 8.53. The van der Waals surface area contributed by atoms with E-state index in [1.165, 1.54) is 31.3 Å². The average molecular weight is 435 g/mol. The van der Waals surface area contributed by atoms with Crippen molar-refractivity contribution in [1.82, 2.24) is 15.0 Å². The van der Waals surface area contributed by atoms with E-state index in [2.05, 4.69) is 15.5 Å². The zero-order valence-corrected chi connectivity index (χ0v) is 17.4. The third-order valence-corrected chi connectivity index (χ3v) is 4.59. The summed E-state index contributed by atoms with van der Waals surface area (Å²) in [5.74, 6) is 1.23. The van der Waals surface area contributed by atoms with Gasteiger partial charge in [0.25, 0.3) is 5.89 Å². The first-order valence-electron chi connectivity index (χ1n) is 8.93. The van der Waals surface area contributed by atoms with Crippen LogP contribution in [0.5, 0.6) is 11.5 Å². The Kier molecular flexibility index (Phi) is 6.73. The lowest BCUT2D eigenvalue weighted by molar-refractivity contribution is 0.222. The third-order valence-electron chi connectivity index (χ3n) is 4.29. The Hall–Kier alpha value is -3.33. The van der Waals surface area contributed by atoms with Gasteiger partial charge in [-0.05, 0) is 30.3 Å². The van der Waals surface area contributed by atoms with Gasteiger partial charge in [-0.2, -0.15) is 4.98 Å². The molecule has 3 rings (SSSR count). The summed E-state index contributed by atoms with van der Waals surface area (Å²) < 4.78 is 28.6. The molecule has 1 aromatic heterocycles. The number of urea groups is 1. The average Bonchev–Trinajstić information content (AvgIpc) is 3.21. The SMILES string of the molecule is COc1cc(OC)c(NC(=O)N(C)CCc2noc(-c3ccc(F)cc3)n2)cc1Cl. The Morgan fingerprint density at radius 2 is 1.90 bits per heavy atom. The van der Waals surface area contributed by atoms with E-state index in [1.54, 1.807) is 31.3 Å². The van der Waals surface area contributed by atoms with Crippen LogP contribution in [0.2, 0.25) is 5.02 Å². The Bertz CT molecular complexity index is 1030. The van der Waals surface area contributed by atoms with Crippen LogP contribution >= 0.6 is 11.6 Å². The lowest BCUT2D eigenvalue weighted by atomic mass is 10.2. The summed E-state index contributed by atoms with van der Waals surface area (Å²) in [6.45, 7) is 0.334. The molecule has 0 aliphatic heterocycles. The second-order valence-corrected chi connectivity index (χ2v) is 6.72. The van der Waals surface area contributed by atoms with E-state index < -0.39 is 0 Å². The summed E-state index contributed by atoms with van der Waals surface area (Å²) in [5, 5.41) is 6.99. The molecule has 0 atom stereocenters. The number of nitrogens with zero attached hydrogens (tertiary/aromatic N) is 3. The number of carbonyl (C=O) groups is 1. The van der Waals surface area contributed by atoms with Gasteiger partial charge in [-0.25, -0.2) is 9.18 Å². The van der Waals surface area contributed by atoms with Crippen LogP contribution in [-0.4, -0.2) is 48.9 Å². The monoisotopic (exact) mass is 434 g/mol. The number of methoxy groups -OCH3 is 2. The molecule has 0 aliphatic rings. The quantitative estimate of drug-likeness (QED) is 0.597. The van der Waals surface area contributed by atoms with Crippen molar-refractivity contribution in [2.75, 3.05) is 33.1 Å². The molecule has 0 saturated carbocycles. The molecule has 3 aromatic rings. The molecule has 1 heterocycles. The summed E-state index contributed by atoms with van der Waals surface area (Å²) in [7, 11) is 4.61. The minimum atomic E-state index is -0.364. The Labute approximate surface area is 177 Å². The second kappa shape index (κ2) is 9.45. The predicted molar refractivity (Wildman–Crippen MR) is 110 cm³/mol. The van der Waals surface area contributed by atoms with Gasteiger partial charge >= 0.3 is 6.03 Å². The maximum absolute atomic E-state index is 13.0. The van der Waals surface area contributed by atoms with E-state index in [0.717, 1.165) is 0 Å². The van der Waals surface area contributed by atoms with Gasteiger partial charge in [-0.15, -0.1) is 0 Å². The number of halogens is 2. The maximum atomic E-state index is 13.0. The molecule has 0 unspecified atom stereocenters. The molecule has 30 heavy (non-hydrogen) atoms. The molecule has 0 bridgehead atoms. The molecular weight excluding hydrogens is 415 g/mol. The van der Waals surface area contributed by atoms with E-state index in [-0.39, 0.29) is 17.7 Å². The molecule has 2 amide bonds. The molecule has 0 saturated heterocycles. The van der Waals surface area contributed by atoms with Crippen molar-refractivity contribution >= 4 is 23.3 Å². The summed E-state index contributed by atoms with van der Waals surface area (Å²) in [6.07, 6.45) is 0.370. The fourth-order valence-electron chi connectivity index (χ4n) is 2.60. The van der Waals surface area contributed by atoms with Gasteiger partial charge in [0.1, 0.15) is 17.3 Å². The van der Waals surface area contributed by atoms with E-state index >= 15 is 0 Å². The van der Waals surface area contributed by atoms with Gasteiger partial charge in [0.05, 0.1) is 24.9 Å². The van der Waals surface area contributed by atoms with E-state index in [0.29, 0.717) is 46.6 Å². The number of anilines is 1. The number of likely N-dealkylation sites (N-methyl/N-ethyl adjacent to an activating group) is 1. The Morgan fingerprint density at radius 1 is 1.20 bits per heavy atom. The molecular formula is C20H20ClFN4O4. The number of ether oxygens (including phenoxy) is 2. The first-order valence-corrected chi connectivity index (χ1v) is 9.31. The topological polar surface area (TPSA) is 89.7 Å². The predicted octanol–water partition coefficient (Wildman–Crippen LogP) is 4.25. The number of nitrogens with one attached hydrogen (secondary N) is 1. The minimum Gasteiger partial charge on any atom is -0.495 e. The number of hydrogen-bond acceptors (Lipinski definition) is 6. The lowest BCUT2D eigenvalue weighted by Gasteiger charge is -2.19. The van der Waals surface area contributed by atoms with Crippen LogP contribution in [-0.2, 0) is 6.42 Å². The zero-order valence-electron chi connectivity index (χ0n) is 16.6. The highest BCUT2D eigenvalue weighted by Crippen LogP contribution is 2.36. The highest BCUT2D eigenvalue weighted by molar-refractivity contribution is 6.32. The third kappa shape index (κ3) is 4.98. The summed E-state index contributed by atoms with van der Waals surface area (Å²) in [4.78, 5) is 18.2. The zero-order chi connectivity index (χ0) is 21.7. The van der Waals surface area contributed by atoms with Crippen LogP contribution in [0.25, 0.3) is 11.5 Å². The lowest BCUT2D eigenvalue weighted by Crippen LogP contribution is -2.33. The van der Waals surface area contributed by atoms with Crippen LogP contribution in [0.1, 0.15) is 5.82 Å². The number of rotatable bonds is 7. The largest absolute Gasteiger partial charge is 0.495 e. The fourth-order valence-corrected chi connectivity index (χ4v) is 2.84. The number of carbonyl (C=O) groups excluding carboxylic acids is 1. The Morgan fingerprint density at radius 3 is 2.57 bits per heavy atom. The van der Waals surface area contributed by atoms with Crippen LogP contribution < -0.4 is 14.8 Å². The summed E-state index contributed by atoms with van der Waals surface area (Å²) in [5.41, 5.74) is 1.03. The van der Waals surface area contributed by atoms with Crippen molar-refractivity contribution in [3.63, 3.8) is 0 Å². The van der Waals surface area contributed by atoms with Gasteiger partial charge in [-0.1, -0.05) is 16.8 Å². The normalized spacial score (nSPS) is 10.6. The van der Waals surface area contributed by atoms with Crippen molar-refractivity contribution in [3.05, 3.63) is 53.1 Å². The first kappa shape index (κ1) is 21.4. The molecule has 10 heteroatoms. The van der Waals surface area contributed by atoms with E-state index in [4.69, 9.17) is 25.6 Å². The van der Waals surface area contributed by atoms with Gasteiger partial charge in [0.2, 0.25) is 0 Å². The molecule has 1 N–H and O–H groups in total. The van der Waals surface area contributed by atoms with Crippen molar-refractivity contribution in [2.45, 2.75) is 6.42 Å². The van der Waals surface area contributed by atoms with Crippen molar-refractivity contribution < 1.29 is 23.2 Å². The van der Waals surface area contributed by atoms with Gasteiger partial charge in [0, 0.05) is 31.6 Å². The molecule has 0 fully saturated rings. The van der Waals surface area contributed by atoms with Crippen LogP contribution in [0.3, 0.4) is 0 Å². The molecule has 0 spiro atoms. The van der Waals surface area contributed by atoms with Gasteiger partial charge in [-0.3, -0.25) is 0 Å². The minimum absolute atomic E-state index is 0.287. The van der Waals surface area contributed by atoms with Crippen molar-refractivity contribution in [3.8, 4) is 23.0 Å². The van der Waals surface area contributed by atoms with Crippen LogP contribution in [0, 0.1) is 5.82 Å². The number of hydrogen-bond donors (Lipinski definition) is 1. The van der Waals surface area contributed by atoms with E-state index in [9.17, 15) is 9.18 Å². The van der Waals surface area contributed by atoms with Gasteiger partial charge in [0.15, 0.2) is 5.82 Å². The highest BCUT2D eigenvalue weighted by atomic mass is 35.5. The Balaban J connectivity index is 1.60. The molecule has 2 aromatic carbocycles. The van der Waals surface area contributed by atoms with Gasteiger partial charge < -0.3 is 24.2 Å². The van der Waals surface area contributed by atoms with E-state index in [1.807, 2.05) is 0 Å². The smallest absolute Gasteiger partial charge is 0.321 e. The first-order chi connectivity index (χ1) is 14.4. The maximum Gasteiger partial charge on any atom is 0.321 e. The molecule has 158 valence electrons. The number of benzene rings is 2. The molecule has 0 aliphatic carbocycles.